The molecule has 0 saturated carbocycles. The van der Waals surface area contributed by atoms with E-state index in [0.29, 0.717) is 24.9 Å². The van der Waals surface area contributed by atoms with Gasteiger partial charge in [-0.25, -0.2) is 18.8 Å². The molecule has 2 aliphatic heterocycles. The van der Waals surface area contributed by atoms with Crippen molar-refractivity contribution in [2.45, 2.75) is 33.4 Å². The van der Waals surface area contributed by atoms with Gasteiger partial charge in [-0.15, -0.1) is 0 Å². The van der Waals surface area contributed by atoms with Gasteiger partial charge in [-0.1, -0.05) is 4.99 Å². The van der Waals surface area contributed by atoms with Gasteiger partial charge >= 0.3 is 17.9 Å². The molecule has 3 rings (SSSR count). The van der Waals surface area contributed by atoms with Crippen LogP contribution >= 0.6 is 0 Å². The van der Waals surface area contributed by atoms with Crippen molar-refractivity contribution in [3.63, 3.8) is 0 Å². The predicted octanol–water partition coefficient (Wildman–Crippen LogP) is 0.0806. The van der Waals surface area contributed by atoms with Gasteiger partial charge in [0.05, 0.1) is 19.8 Å². The van der Waals surface area contributed by atoms with Crippen molar-refractivity contribution in [1.82, 2.24) is 14.4 Å². The van der Waals surface area contributed by atoms with Crippen molar-refractivity contribution in [2.24, 2.45) is 4.99 Å². The number of carbonyl (C=O) groups is 3. The van der Waals surface area contributed by atoms with Crippen molar-refractivity contribution in [3.05, 3.63) is 11.4 Å². The number of imidazole rings is 1. The molecule has 0 aromatic carbocycles. The summed E-state index contributed by atoms with van der Waals surface area (Å²) in [5.41, 5.74) is 1.84. The van der Waals surface area contributed by atoms with Crippen LogP contribution in [0.5, 0.6) is 0 Å². The van der Waals surface area contributed by atoms with Crippen molar-refractivity contribution >= 4 is 29.7 Å². The first-order chi connectivity index (χ1) is 12.8. The topological polar surface area (TPSA) is 97.3 Å². The standard InChI is InChI=1S/C17H24N5O5/c1-6-27-12(23)9-21-15(24)13-14(19(4)17(21)25)18-16-20(7-8-26-5)10(2)11(3)22(13)16/h13H,6-9H2,1-5H3/q+1. The highest BCUT2D eigenvalue weighted by Crippen LogP contribution is 2.35. The zero-order valence-corrected chi connectivity index (χ0v) is 16.2. The van der Waals surface area contributed by atoms with E-state index in [0.717, 1.165) is 16.3 Å². The number of imide groups is 1. The zero-order chi connectivity index (χ0) is 19.9. The van der Waals surface area contributed by atoms with Crippen LogP contribution in [0.4, 0.5) is 10.7 Å². The number of methoxy groups -OCH3 is 1. The second-order valence-electron chi connectivity index (χ2n) is 6.43. The number of urea groups is 1. The lowest BCUT2D eigenvalue weighted by Crippen LogP contribution is -2.58. The van der Waals surface area contributed by atoms with Gasteiger partial charge in [-0.2, -0.15) is 0 Å². The molecule has 1 saturated heterocycles. The van der Waals surface area contributed by atoms with Gasteiger partial charge in [0.1, 0.15) is 17.9 Å². The Morgan fingerprint density at radius 1 is 1.30 bits per heavy atom. The van der Waals surface area contributed by atoms with E-state index >= 15 is 0 Å². The highest BCUT2D eigenvalue weighted by molar-refractivity contribution is 6.21. The minimum atomic E-state index is -0.778. The number of likely N-dealkylation sites (N-methyl/N-ethyl adjacent to an activating group) is 1. The van der Waals surface area contributed by atoms with Gasteiger partial charge < -0.3 is 9.47 Å². The Hall–Kier alpha value is -2.75. The number of nitrogens with zero attached hydrogens (tertiary/aromatic N) is 5. The Kier molecular flexibility index (Phi) is 5.01. The minimum Gasteiger partial charge on any atom is -0.465 e. The third kappa shape index (κ3) is 2.89. The fourth-order valence-corrected chi connectivity index (χ4v) is 3.43. The van der Waals surface area contributed by atoms with Crippen molar-refractivity contribution in [1.29, 1.82) is 0 Å². The van der Waals surface area contributed by atoms with Gasteiger partial charge in [0.15, 0.2) is 0 Å². The average Bonchev–Trinajstić information content (AvgIpc) is 3.12. The van der Waals surface area contributed by atoms with E-state index in [4.69, 9.17) is 9.47 Å². The number of esters is 1. The first-order valence-electron chi connectivity index (χ1n) is 8.76. The monoisotopic (exact) mass is 378 g/mol. The lowest BCUT2D eigenvalue weighted by molar-refractivity contribution is -0.690. The molecular formula is C17H24N5O5+. The Bertz CT molecular complexity index is 843. The normalized spacial score (nSPS) is 18.6. The largest absolute Gasteiger partial charge is 0.465 e. The molecule has 10 nitrogen and oxygen atoms in total. The minimum absolute atomic E-state index is 0.181. The molecule has 0 N–H and O–H groups in total. The van der Waals surface area contributed by atoms with Crippen molar-refractivity contribution in [2.75, 3.05) is 33.9 Å². The number of aliphatic imine (C=N–C) groups is 1. The number of fused-ring (bicyclic) bond motifs is 3. The van der Waals surface area contributed by atoms with Crippen molar-refractivity contribution in [3.8, 4) is 0 Å². The third-order valence-corrected chi connectivity index (χ3v) is 4.94. The molecule has 0 bridgehead atoms. The maximum atomic E-state index is 13.1. The summed E-state index contributed by atoms with van der Waals surface area (Å²) in [5.74, 6) is -0.162. The molecule has 2 aliphatic rings. The molecule has 3 amide bonds. The molecule has 146 valence electrons. The number of rotatable bonds is 6. The average molecular weight is 378 g/mol. The Morgan fingerprint density at radius 3 is 2.63 bits per heavy atom. The summed E-state index contributed by atoms with van der Waals surface area (Å²) in [4.78, 5) is 44.3. The van der Waals surface area contributed by atoms with Crippen molar-refractivity contribution < 1.29 is 28.4 Å². The number of ether oxygens (including phenoxy) is 2. The van der Waals surface area contributed by atoms with Crippen LogP contribution in [0.2, 0.25) is 0 Å². The van der Waals surface area contributed by atoms with Crippen LogP contribution in [0.25, 0.3) is 0 Å². The van der Waals surface area contributed by atoms with E-state index in [1.165, 1.54) is 4.90 Å². The second-order valence-corrected chi connectivity index (χ2v) is 6.43. The quantitative estimate of drug-likeness (QED) is 0.516. The second kappa shape index (κ2) is 7.10. The molecule has 1 aromatic rings. The summed E-state index contributed by atoms with van der Waals surface area (Å²) in [6.45, 7) is 6.35. The van der Waals surface area contributed by atoms with Gasteiger partial charge in [0, 0.05) is 14.2 Å². The number of amidine groups is 1. The summed E-state index contributed by atoms with van der Waals surface area (Å²) < 4.78 is 13.8. The molecule has 0 aliphatic carbocycles. The van der Waals surface area contributed by atoms with E-state index in [1.54, 1.807) is 21.1 Å². The molecule has 1 unspecified atom stereocenters. The van der Waals surface area contributed by atoms with Crippen LogP contribution in [0.1, 0.15) is 24.4 Å². The SMILES string of the molecule is CCOC(=O)CN1C(=O)C2C(=Nc3n2c(C)c(C)[n+]3CCOC)N(C)C1=O. The van der Waals surface area contributed by atoms with Gasteiger partial charge in [-0.3, -0.25) is 14.5 Å². The molecule has 10 heteroatoms. The molecule has 1 aromatic heterocycles. The summed E-state index contributed by atoms with van der Waals surface area (Å²) in [5, 5.41) is 0. The van der Waals surface area contributed by atoms with Crippen LogP contribution in [0.3, 0.4) is 0 Å². The summed E-state index contributed by atoms with van der Waals surface area (Å²) in [7, 11) is 3.17. The summed E-state index contributed by atoms with van der Waals surface area (Å²) in [6.07, 6.45) is 0. The van der Waals surface area contributed by atoms with Crippen LogP contribution in [0.15, 0.2) is 4.99 Å². The first kappa shape index (κ1) is 19.0. The van der Waals surface area contributed by atoms with Crippen LogP contribution in [0, 0.1) is 13.8 Å². The molecular weight excluding hydrogens is 354 g/mol. The highest BCUT2D eigenvalue weighted by atomic mass is 16.5. The van der Waals surface area contributed by atoms with E-state index in [-0.39, 0.29) is 6.61 Å². The number of hydrogen-bond acceptors (Lipinski definition) is 6. The molecule has 3 heterocycles. The van der Waals surface area contributed by atoms with Crippen LogP contribution in [-0.4, -0.2) is 72.0 Å². The number of aromatic nitrogens is 2. The summed E-state index contributed by atoms with van der Waals surface area (Å²) >= 11 is 0. The lowest BCUT2D eigenvalue weighted by Gasteiger charge is -2.32. The zero-order valence-electron chi connectivity index (χ0n) is 16.2. The Labute approximate surface area is 157 Å². The van der Waals surface area contributed by atoms with Crippen LogP contribution in [-0.2, 0) is 25.6 Å². The number of carbonyl (C=O) groups excluding carboxylic acids is 3. The smallest absolute Gasteiger partial charge is 0.402 e. The first-order valence-corrected chi connectivity index (χ1v) is 8.76. The maximum Gasteiger partial charge on any atom is 0.402 e. The maximum absolute atomic E-state index is 13.1. The van der Waals surface area contributed by atoms with E-state index in [9.17, 15) is 14.4 Å². The van der Waals surface area contributed by atoms with E-state index in [2.05, 4.69) is 4.99 Å². The van der Waals surface area contributed by atoms with E-state index < -0.39 is 30.5 Å². The third-order valence-electron chi connectivity index (χ3n) is 4.94. The number of amides is 3. The molecule has 27 heavy (non-hydrogen) atoms. The van der Waals surface area contributed by atoms with Gasteiger partial charge in [0.25, 0.3) is 5.91 Å². The predicted molar refractivity (Wildman–Crippen MR) is 93.6 cm³/mol. The lowest BCUT2D eigenvalue weighted by atomic mass is 10.1. The molecule has 1 fully saturated rings. The van der Waals surface area contributed by atoms with Gasteiger partial charge in [0.2, 0.25) is 11.9 Å². The Balaban J connectivity index is 2.02. The molecule has 1 atom stereocenters. The van der Waals surface area contributed by atoms with E-state index in [1.807, 2.05) is 23.0 Å². The summed E-state index contributed by atoms with van der Waals surface area (Å²) in [6, 6.07) is -1.37. The number of hydrogen-bond donors (Lipinski definition) is 0. The fraction of sp³-hybridized carbons (Fsp3) is 0.588. The molecule has 0 spiro atoms. The van der Waals surface area contributed by atoms with Crippen LogP contribution < -0.4 is 4.57 Å². The van der Waals surface area contributed by atoms with Gasteiger partial charge in [-0.05, 0) is 20.8 Å². The highest BCUT2D eigenvalue weighted by Gasteiger charge is 2.54. The molecule has 0 radical (unpaired) electrons. The fourth-order valence-electron chi connectivity index (χ4n) is 3.43. The Morgan fingerprint density at radius 2 is 2.00 bits per heavy atom.